The zero-order valence-electron chi connectivity index (χ0n) is 33.7. The molecule has 48 heavy (non-hydrogen) atoms. The van der Waals surface area contributed by atoms with Crippen LogP contribution in [0.5, 0.6) is 0 Å². The first-order valence-electron chi connectivity index (χ1n) is 22.9. The van der Waals surface area contributed by atoms with E-state index in [0.29, 0.717) is 6.42 Å². The lowest BCUT2D eigenvalue weighted by molar-refractivity contribution is -0.140. The van der Waals surface area contributed by atoms with E-state index in [-0.39, 0.29) is 5.97 Å². The monoisotopic (exact) mass is 677 g/mol. The summed E-state index contributed by atoms with van der Waals surface area (Å²) in [5.74, 6) is -0.0585. The molecular formula is C46H92O2. The minimum absolute atomic E-state index is 0.0585. The van der Waals surface area contributed by atoms with Crippen molar-refractivity contribution < 1.29 is 9.53 Å². The lowest BCUT2D eigenvalue weighted by Crippen LogP contribution is -1.99. The molecule has 0 N–H and O–H groups in total. The highest BCUT2D eigenvalue weighted by atomic mass is 16.5. The maximum atomic E-state index is 11.1. The average molecular weight is 677 g/mol. The van der Waals surface area contributed by atoms with Crippen LogP contribution in [0, 0.1) is 0 Å². The molecular weight excluding hydrogens is 585 g/mol. The van der Waals surface area contributed by atoms with E-state index in [2.05, 4.69) is 6.92 Å². The largest absolute Gasteiger partial charge is 0.469 e. The summed E-state index contributed by atoms with van der Waals surface area (Å²) in [6.45, 7) is 2.31. The van der Waals surface area contributed by atoms with Gasteiger partial charge in [0.05, 0.1) is 7.11 Å². The highest BCUT2D eigenvalue weighted by molar-refractivity contribution is 5.68. The third-order valence-electron chi connectivity index (χ3n) is 11.0. The van der Waals surface area contributed by atoms with E-state index in [1.807, 2.05) is 0 Å². The lowest BCUT2D eigenvalue weighted by atomic mass is 10.0. The molecule has 0 heterocycles. The summed E-state index contributed by atoms with van der Waals surface area (Å²) in [6, 6.07) is 0. The number of unbranched alkanes of at least 4 members (excludes halogenated alkanes) is 41. The van der Waals surface area contributed by atoms with Gasteiger partial charge < -0.3 is 4.74 Å². The predicted molar refractivity (Wildman–Crippen MR) is 216 cm³/mol. The van der Waals surface area contributed by atoms with Crippen molar-refractivity contribution in [3.05, 3.63) is 0 Å². The Labute approximate surface area is 304 Å². The van der Waals surface area contributed by atoms with Crippen LogP contribution in [-0.4, -0.2) is 13.1 Å². The van der Waals surface area contributed by atoms with Crippen molar-refractivity contribution in [1.82, 2.24) is 0 Å². The van der Waals surface area contributed by atoms with Crippen molar-refractivity contribution in [2.75, 3.05) is 7.11 Å². The molecule has 0 aliphatic heterocycles. The SMILES string of the molecule is CCCCCCCCCCCCCCCCCCCCCCCCCCCCCCCCCCCCCCCCCCCCC(=O)OC. The van der Waals surface area contributed by atoms with Gasteiger partial charge in [0.25, 0.3) is 0 Å². The number of carbonyl (C=O) groups excluding carboxylic acids is 1. The quantitative estimate of drug-likeness (QED) is 0.0474. The molecule has 288 valence electrons. The average Bonchev–Trinajstić information content (AvgIpc) is 3.10. The fraction of sp³-hybridized carbons (Fsp3) is 0.978. The van der Waals surface area contributed by atoms with Crippen LogP contribution >= 0.6 is 0 Å². The Kier molecular flexibility index (Phi) is 44.0. The van der Waals surface area contributed by atoms with E-state index in [0.717, 1.165) is 6.42 Å². The van der Waals surface area contributed by atoms with E-state index < -0.39 is 0 Å². The Morgan fingerprint density at radius 3 is 0.562 bits per heavy atom. The normalized spacial score (nSPS) is 11.5. The fourth-order valence-corrected chi connectivity index (χ4v) is 7.52. The van der Waals surface area contributed by atoms with Crippen molar-refractivity contribution in [1.29, 1.82) is 0 Å². The molecule has 0 unspecified atom stereocenters. The number of hydrogen-bond acceptors (Lipinski definition) is 2. The summed E-state index contributed by atoms with van der Waals surface area (Å²) in [7, 11) is 1.48. The fourth-order valence-electron chi connectivity index (χ4n) is 7.52. The van der Waals surface area contributed by atoms with Gasteiger partial charge in [-0.25, -0.2) is 0 Å². The van der Waals surface area contributed by atoms with Crippen LogP contribution in [0.15, 0.2) is 0 Å². The van der Waals surface area contributed by atoms with Gasteiger partial charge in [-0.15, -0.1) is 0 Å². The summed E-state index contributed by atoms with van der Waals surface area (Å²) < 4.78 is 4.69. The second kappa shape index (κ2) is 44.5. The molecule has 0 bridgehead atoms. The minimum atomic E-state index is -0.0585. The van der Waals surface area contributed by atoms with Crippen LogP contribution < -0.4 is 0 Å². The summed E-state index contributed by atoms with van der Waals surface area (Å²) in [6.07, 6.45) is 61.2. The standard InChI is InChI=1S/C46H92O2/c1-3-4-5-6-7-8-9-10-11-12-13-14-15-16-17-18-19-20-21-22-23-24-25-26-27-28-29-30-31-32-33-34-35-36-37-38-39-40-41-42-43-44-45-46(47)48-2/h3-45H2,1-2H3. The first-order valence-corrected chi connectivity index (χ1v) is 22.9. The van der Waals surface area contributed by atoms with Crippen molar-refractivity contribution in [2.45, 2.75) is 283 Å². The van der Waals surface area contributed by atoms with E-state index in [9.17, 15) is 4.79 Å². The molecule has 0 saturated heterocycles. The minimum Gasteiger partial charge on any atom is -0.469 e. The molecule has 0 rings (SSSR count). The molecule has 0 aromatic rings. The molecule has 0 aliphatic rings. The van der Waals surface area contributed by atoms with Crippen LogP contribution in [0.2, 0.25) is 0 Å². The first-order chi connectivity index (χ1) is 23.8. The third-order valence-corrected chi connectivity index (χ3v) is 11.0. The van der Waals surface area contributed by atoms with Gasteiger partial charge in [0, 0.05) is 6.42 Å². The summed E-state index contributed by atoms with van der Waals surface area (Å²) >= 11 is 0. The maximum Gasteiger partial charge on any atom is 0.305 e. The molecule has 0 amide bonds. The second-order valence-electron chi connectivity index (χ2n) is 15.8. The van der Waals surface area contributed by atoms with Crippen molar-refractivity contribution in [3.63, 3.8) is 0 Å². The summed E-state index contributed by atoms with van der Waals surface area (Å²) in [4.78, 5) is 11.1. The van der Waals surface area contributed by atoms with Crippen LogP contribution in [-0.2, 0) is 9.53 Å². The molecule has 0 saturated carbocycles. The Balaban J connectivity index is 3.05. The van der Waals surface area contributed by atoms with Crippen LogP contribution in [0.1, 0.15) is 283 Å². The molecule has 0 aromatic carbocycles. The Bertz CT molecular complexity index is 572. The van der Waals surface area contributed by atoms with E-state index in [1.165, 1.54) is 270 Å². The van der Waals surface area contributed by atoms with Gasteiger partial charge >= 0.3 is 5.97 Å². The van der Waals surface area contributed by atoms with Gasteiger partial charge in [0.1, 0.15) is 0 Å². The topological polar surface area (TPSA) is 26.3 Å². The molecule has 0 spiro atoms. The Morgan fingerprint density at radius 1 is 0.271 bits per heavy atom. The number of hydrogen-bond donors (Lipinski definition) is 0. The van der Waals surface area contributed by atoms with Gasteiger partial charge in [0.15, 0.2) is 0 Å². The Hall–Kier alpha value is -0.530. The van der Waals surface area contributed by atoms with Crippen molar-refractivity contribution >= 4 is 5.97 Å². The maximum absolute atomic E-state index is 11.1. The number of rotatable bonds is 43. The zero-order valence-corrected chi connectivity index (χ0v) is 33.7. The molecule has 0 aromatic heterocycles. The highest BCUT2D eigenvalue weighted by Crippen LogP contribution is 2.18. The zero-order chi connectivity index (χ0) is 34.7. The number of carbonyl (C=O) groups is 1. The van der Waals surface area contributed by atoms with Crippen LogP contribution in [0.4, 0.5) is 0 Å². The first kappa shape index (κ1) is 47.5. The number of esters is 1. The smallest absolute Gasteiger partial charge is 0.305 e. The highest BCUT2D eigenvalue weighted by Gasteiger charge is 2.00. The molecule has 0 aliphatic carbocycles. The molecule has 0 fully saturated rings. The second-order valence-corrected chi connectivity index (χ2v) is 15.8. The van der Waals surface area contributed by atoms with Gasteiger partial charge in [-0.1, -0.05) is 270 Å². The molecule has 0 atom stereocenters. The number of methoxy groups -OCH3 is 1. The summed E-state index contributed by atoms with van der Waals surface area (Å²) in [5.41, 5.74) is 0. The molecule has 2 nitrogen and oxygen atoms in total. The van der Waals surface area contributed by atoms with Gasteiger partial charge in [-0.3, -0.25) is 4.79 Å². The Morgan fingerprint density at radius 2 is 0.417 bits per heavy atom. The summed E-state index contributed by atoms with van der Waals surface area (Å²) in [5, 5.41) is 0. The van der Waals surface area contributed by atoms with E-state index >= 15 is 0 Å². The van der Waals surface area contributed by atoms with Gasteiger partial charge in [-0.2, -0.15) is 0 Å². The van der Waals surface area contributed by atoms with Crippen molar-refractivity contribution in [2.24, 2.45) is 0 Å². The van der Waals surface area contributed by atoms with Crippen LogP contribution in [0.25, 0.3) is 0 Å². The van der Waals surface area contributed by atoms with Crippen molar-refractivity contribution in [3.8, 4) is 0 Å². The number of ether oxygens (including phenoxy) is 1. The third kappa shape index (κ3) is 43.5. The molecule has 0 radical (unpaired) electrons. The van der Waals surface area contributed by atoms with Crippen LogP contribution in [0.3, 0.4) is 0 Å². The van der Waals surface area contributed by atoms with Gasteiger partial charge in [0.2, 0.25) is 0 Å². The predicted octanol–water partition coefficient (Wildman–Crippen LogP) is 17.0. The van der Waals surface area contributed by atoms with E-state index in [4.69, 9.17) is 4.74 Å². The van der Waals surface area contributed by atoms with E-state index in [1.54, 1.807) is 0 Å². The molecule has 2 heteroatoms. The van der Waals surface area contributed by atoms with Gasteiger partial charge in [-0.05, 0) is 6.42 Å². The lowest BCUT2D eigenvalue weighted by Gasteiger charge is -2.05.